The molecule has 1 amide bonds. The Morgan fingerprint density at radius 1 is 1.35 bits per heavy atom. The average molecular weight is 275 g/mol. The fourth-order valence-corrected chi connectivity index (χ4v) is 2.85. The molecule has 0 bridgehead atoms. The van der Waals surface area contributed by atoms with Crippen LogP contribution in [-0.2, 0) is 0 Å². The van der Waals surface area contributed by atoms with Crippen molar-refractivity contribution in [3.05, 3.63) is 23.9 Å². The summed E-state index contributed by atoms with van der Waals surface area (Å²) in [4.78, 5) is 16.5. The molecule has 0 spiro atoms. The number of anilines is 1. The largest absolute Gasteiger partial charge is 0.370 e. The molecular weight excluding hydrogens is 250 g/mol. The first-order chi connectivity index (χ1) is 9.61. The first-order valence-electron chi connectivity index (χ1n) is 7.62. The third-order valence-electron chi connectivity index (χ3n) is 4.41. The summed E-state index contributed by atoms with van der Waals surface area (Å²) in [7, 11) is 0. The highest BCUT2D eigenvalue weighted by Crippen LogP contribution is 2.29. The summed E-state index contributed by atoms with van der Waals surface area (Å²) in [5.74, 6) is 2.03. The van der Waals surface area contributed by atoms with E-state index < -0.39 is 0 Å². The number of carbonyl (C=O) groups is 1. The van der Waals surface area contributed by atoms with E-state index in [0.717, 1.165) is 18.8 Å². The standard InChI is InChI=1S/C16H25N3O/c1-4-17-15-9-8-13(10-18-15)16(20)19-14-7-5-6-11(2)12(14)3/h8-12,14H,4-7H2,1-3H3,(H,17,18)(H,19,20). The van der Waals surface area contributed by atoms with E-state index in [2.05, 4.69) is 29.5 Å². The van der Waals surface area contributed by atoms with Gasteiger partial charge in [0.2, 0.25) is 0 Å². The summed E-state index contributed by atoms with van der Waals surface area (Å²) in [6.07, 6.45) is 5.20. The number of hydrogen-bond donors (Lipinski definition) is 2. The van der Waals surface area contributed by atoms with E-state index in [1.54, 1.807) is 6.20 Å². The van der Waals surface area contributed by atoms with Crippen LogP contribution >= 0.6 is 0 Å². The molecule has 1 aliphatic carbocycles. The summed E-state index contributed by atoms with van der Waals surface area (Å²) in [5, 5.41) is 6.29. The lowest BCUT2D eigenvalue weighted by molar-refractivity contribution is 0.0891. The van der Waals surface area contributed by atoms with Crippen molar-refractivity contribution in [2.75, 3.05) is 11.9 Å². The van der Waals surface area contributed by atoms with Gasteiger partial charge >= 0.3 is 0 Å². The molecule has 110 valence electrons. The fraction of sp³-hybridized carbons (Fsp3) is 0.625. The van der Waals surface area contributed by atoms with Gasteiger partial charge in [-0.25, -0.2) is 4.98 Å². The minimum atomic E-state index is -0.00787. The molecule has 20 heavy (non-hydrogen) atoms. The second-order valence-electron chi connectivity index (χ2n) is 5.81. The van der Waals surface area contributed by atoms with Crippen molar-refractivity contribution in [3.63, 3.8) is 0 Å². The number of rotatable bonds is 4. The summed E-state index contributed by atoms with van der Waals surface area (Å²) in [6.45, 7) is 7.36. The van der Waals surface area contributed by atoms with Crippen LogP contribution in [0.4, 0.5) is 5.82 Å². The molecule has 0 saturated heterocycles. The van der Waals surface area contributed by atoms with E-state index in [-0.39, 0.29) is 5.91 Å². The van der Waals surface area contributed by atoms with Crippen LogP contribution in [0.5, 0.6) is 0 Å². The molecule has 0 aliphatic heterocycles. The van der Waals surface area contributed by atoms with Crippen molar-refractivity contribution in [2.45, 2.75) is 46.1 Å². The highest BCUT2D eigenvalue weighted by atomic mass is 16.1. The molecule has 1 saturated carbocycles. The zero-order valence-corrected chi connectivity index (χ0v) is 12.6. The molecule has 1 fully saturated rings. The van der Waals surface area contributed by atoms with Crippen molar-refractivity contribution in [3.8, 4) is 0 Å². The lowest BCUT2D eigenvalue weighted by Gasteiger charge is -2.34. The molecule has 1 aliphatic rings. The average Bonchev–Trinajstić information content (AvgIpc) is 2.45. The third-order valence-corrected chi connectivity index (χ3v) is 4.41. The minimum absolute atomic E-state index is 0.00787. The maximum absolute atomic E-state index is 12.3. The number of nitrogens with one attached hydrogen (secondary N) is 2. The molecule has 0 aromatic carbocycles. The zero-order chi connectivity index (χ0) is 14.5. The van der Waals surface area contributed by atoms with Crippen LogP contribution in [-0.4, -0.2) is 23.5 Å². The molecule has 4 heteroatoms. The van der Waals surface area contributed by atoms with Crippen LogP contribution in [0.2, 0.25) is 0 Å². The normalized spacial score (nSPS) is 26.1. The van der Waals surface area contributed by atoms with Crippen molar-refractivity contribution in [1.82, 2.24) is 10.3 Å². The topological polar surface area (TPSA) is 54.0 Å². The second kappa shape index (κ2) is 6.73. The smallest absolute Gasteiger partial charge is 0.253 e. The Balaban J connectivity index is 1.97. The van der Waals surface area contributed by atoms with Gasteiger partial charge in [0.15, 0.2) is 0 Å². The number of hydrogen-bond acceptors (Lipinski definition) is 3. The van der Waals surface area contributed by atoms with Crippen LogP contribution in [0.3, 0.4) is 0 Å². The van der Waals surface area contributed by atoms with Gasteiger partial charge in [0.05, 0.1) is 5.56 Å². The predicted molar refractivity (Wildman–Crippen MR) is 81.8 cm³/mol. The number of pyridine rings is 1. The molecule has 2 rings (SSSR count). The zero-order valence-electron chi connectivity index (χ0n) is 12.6. The van der Waals surface area contributed by atoms with E-state index in [1.807, 2.05) is 19.1 Å². The highest BCUT2D eigenvalue weighted by molar-refractivity contribution is 5.94. The minimum Gasteiger partial charge on any atom is -0.370 e. The second-order valence-corrected chi connectivity index (χ2v) is 5.81. The van der Waals surface area contributed by atoms with Crippen LogP contribution in [0.1, 0.15) is 50.4 Å². The maximum Gasteiger partial charge on any atom is 0.253 e. The monoisotopic (exact) mass is 275 g/mol. The Kier molecular flexibility index (Phi) is 4.99. The van der Waals surface area contributed by atoms with Gasteiger partial charge in [0.25, 0.3) is 5.91 Å². The Morgan fingerprint density at radius 2 is 2.15 bits per heavy atom. The van der Waals surface area contributed by atoms with Crippen molar-refractivity contribution >= 4 is 11.7 Å². The molecule has 1 aromatic heterocycles. The summed E-state index contributed by atoms with van der Waals surface area (Å²) < 4.78 is 0. The van der Waals surface area contributed by atoms with Crippen molar-refractivity contribution in [2.24, 2.45) is 11.8 Å². The van der Waals surface area contributed by atoms with E-state index in [4.69, 9.17) is 0 Å². The van der Waals surface area contributed by atoms with Crippen LogP contribution in [0.25, 0.3) is 0 Å². The Labute approximate surface area is 121 Å². The first-order valence-corrected chi connectivity index (χ1v) is 7.62. The highest BCUT2D eigenvalue weighted by Gasteiger charge is 2.28. The van der Waals surface area contributed by atoms with Gasteiger partial charge in [-0.2, -0.15) is 0 Å². The van der Waals surface area contributed by atoms with Crippen molar-refractivity contribution in [1.29, 1.82) is 0 Å². The maximum atomic E-state index is 12.3. The molecular formula is C16H25N3O. The van der Waals surface area contributed by atoms with E-state index in [0.29, 0.717) is 23.4 Å². The quantitative estimate of drug-likeness (QED) is 0.888. The summed E-state index contributed by atoms with van der Waals surface area (Å²) >= 11 is 0. The van der Waals surface area contributed by atoms with Crippen LogP contribution in [0, 0.1) is 11.8 Å². The molecule has 2 N–H and O–H groups in total. The molecule has 4 nitrogen and oxygen atoms in total. The number of carbonyl (C=O) groups excluding carboxylic acids is 1. The van der Waals surface area contributed by atoms with Gasteiger partial charge in [0.1, 0.15) is 5.82 Å². The van der Waals surface area contributed by atoms with Crippen LogP contribution < -0.4 is 10.6 Å². The van der Waals surface area contributed by atoms with Crippen molar-refractivity contribution < 1.29 is 4.79 Å². The van der Waals surface area contributed by atoms with Gasteiger partial charge in [-0.3, -0.25) is 4.79 Å². The van der Waals surface area contributed by atoms with Crippen LogP contribution in [0.15, 0.2) is 18.3 Å². The summed E-state index contributed by atoms with van der Waals surface area (Å²) in [5.41, 5.74) is 0.636. The van der Waals surface area contributed by atoms with Gasteiger partial charge < -0.3 is 10.6 Å². The lowest BCUT2D eigenvalue weighted by Crippen LogP contribution is -2.43. The Morgan fingerprint density at radius 3 is 2.80 bits per heavy atom. The first kappa shape index (κ1) is 14.8. The van der Waals surface area contributed by atoms with Gasteiger partial charge in [-0.05, 0) is 37.3 Å². The molecule has 1 heterocycles. The van der Waals surface area contributed by atoms with Gasteiger partial charge in [-0.1, -0.05) is 26.7 Å². The number of aromatic nitrogens is 1. The number of nitrogens with zero attached hydrogens (tertiary/aromatic N) is 1. The number of amides is 1. The van der Waals surface area contributed by atoms with Gasteiger partial charge in [-0.15, -0.1) is 0 Å². The molecule has 3 unspecified atom stereocenters. The lowest BCUT2D eigenvalue weighted by atomic mass is 9.78. The molecule has 1 aromatic rings. The summed E-state index contributed by atoms with van der Waals surface area (Å²) in [6, 6.07) is 3.97. The van der Waals surface area contributed by atoms with E-state index in [9.17, 15) is 4.79 Å². The third kappa shape index (κ3) is 3.50. The van der Waals surface area contributed by atoms with Gasteiger partial charge in [0, 0.05) is 18.8 Å². The predicted octanol–water partition coefficient (Wildman–Crippen LogP) is 3.07. The SMILES string of the molecule is CCNc1ccc(C(=O)NC2CCCC(C)C2C)cn1. The Hall–Kier alpha value is -1.58. The van der Waals surface area contributed by atoms with E-state index >= 15 is 0 Å². The Bertz CT molecular complexity index is 444. The van der Waals surface area contributed by atoms with E-state index in [1.165, 1.54) is 12.8 Å². The molecule has 3 atom stereocenters. The fourth-order valence-electron chi connectivity index (χ4n) is 2.85. The molecule has 0 radical (unpaired) electrons.